The van der Waals surface area contributed by atoms with E-state index in [9.17, 15) is 4.79 Å². The van der Waals surface area contributed by atoms with Gasteiger partial charge in [-0.25, -0.2) is 0 Å². The van der Waals surface area contributed by atoms with Crippen molar-refractivity contribution in [2.75, 3.05) is 19.0 Å². The average Bonchev–Trinajstić information content (AvgIpc) is 2.54. The number of rotatable bonds is 6. The zero-order valence-corrected chi connectivity index (χ0v) is 15.0. The summed E-state index contributed by atoms with van der Waals surface area (Å²) in [5.41, 5.74) is 1.83. The molecule has 2 aromatic carbocycles. The standard InChI is InChI=1S/C18H20BrNO3/c1-12(2)13-8-9-16(14(19)10-13)23-11-18(21)20-15-6-4-5-7-17(15)22-3/h4-10,12H,11H2,1-3H3,(H,20,21). The van der Waals surface area contributed by atoms with Crippen LogP contribution in [-0.2, 0) is 4.79 Å². The minimum atomic E-state index is -0.241. The summed E-state index contributed by atoms with van der Waals surface area (Å²) >= 11 is 3.48. The smallest absolute Gasteiger partial charge is 0.262 e. The lowest BCUT2D eigenvalue weighted by atomic mass is 10.0. The normalized spacial score (nSPS) is 10.5. The van der Waals surface area contributed by atoms with E-state index in [1.54, 1.807) is 19.2 Å². The Morgan fingerprint density at radius 1 is 1.17 bits per heavy atom. The molecule has 4 nitrogen and oxygen atoms in total. The Hall–Kier alpha value is -2.01. The largest absolute Gasteiger partial charge is 0.495 e. The highest BCUT2D eigenvalue weighted by molar-refractivity contribution is 9.10. The Bertz CT molecular complexity index is 686. The molecule has 2 rings (SSSR count). The SMILES string of the molecule is COc1ccccc1NC(=O)COc1ccc(C(C)C)cc1Br. The lowest BCUT2D eigenvalue weighted by molar-refractivity contribution is -0.118. The van der Waals surface area contributed by atoms with Gasteiger partial charge in [0.2, 0.25) is 0 Å². The summed E-state index contributed by atoms with van der Waals surface area (Å²) in [5, 5.41) is 2.78. The minimum absolute atomic E-state index is 0.0718. The molecular formula is C18H20BrNO3. The van der Waals surface area contributed by atoms with E-state index in [-0.39, 0.29) is 12.5 Å². The van der Waals surface area contributed by atoms with Crippen molar-refractivity contribution in [3.8, 4) is 11.5 Å². The van der Waals surface area contributed by atoms with E-state index >= 15 is 0 Å². The summed E-state index contributed by atoms with van der Waals surface area (Å²) < 4.78 is 11.6. The molecule has 5 heteroatoms. The van der Waals surface area contributed by atoms with Gasteiger partial charge in [-0.1, -0.05) is 32.0 Å². The fourth-order valence-electron chi connectivity index (χ4n) is 2.07. The number of carbonyl (C=O) groups is 1. The highest BCUT2D eigenvalue weighted by atomic mass is 79.9. The number of amides is 1. The number of nitrogens with one attached hydrogen (secondary N) is 1. The minimum Gasteiger partial charge on any atom is -0.495 e. The molecule has 122 valence electrons. The van der Waals surface area contributed by atoms with E-state index in [1.165, 1.54) is 5.56 Å². The first kappa shape index (κ1) is 17.3. The third kappa shape index (κ3) is 4.73. The molecule has 1 amide bonds. The summed E-state index contributed by atoms with van der Waals surface area (Å²) in [6, 6.07) is 13.1. The number of ether oxygens (including phenoxy) is 2. The molecule has 23 heavy (non-hydrogen) atoms. The lowest BCUT2D eigenvalue weighted by Crippen LogP contribution is -2.20. The molecule has 0 saturated carbocycles. The summed E-state index contributed by atoms with van der Waals surface area (Å²) in [7, 11) is 1.56. The van der Waals surface area contributed by atoms with Crippen molar-refractivity contribution in [1.29, 1.82) is 0 Å². The number of hydrogen-bond acceptors (Lipinski definition) is 3. The fourth-order valence-corrected chi connectivity index (χ4v) is 2.58. The van der Waals surface area contributed by atoms with Crippen LogP contribution in [0.25, 0.3) is 0 Å². The van der Waals surface area contributed by atoms with E-state index < -0.39 is 0 Å². The molecule has 0 bridgehead atoms. The zero-order chi connectivity index (χ0) is 16.8. The van der Waals surface area contributed by atoms with Gasteiger partial charge in [-0.3, -0.25) is 4.79 Å². The fraction of sp³-hybridized carbons (Fsp3) is 0.278. The molecule has 2 aromatic rings. The molecule has 0 aliphatic carbocycles. The second kappa shape index (κ2) is 8.02. The maximum absolute atomic E-state index is 12.0. The van der Waals surface area contributed by atoms with Gasteiger partial charge in [-0.15, -0.1) is 0 Å². The molecule has 0 aliphatic rings. The lowest BCUT2D eigenvalue weighted by Gasteiger charge is -2.12. The van der Waals surface area contributed by atoms with Crippen LogP contribution >= 0.6 is 15.9 Å². The van der Waals surface area contributed by atoms with Crippen LogP contribution in [0, 0.1) is 0 Å². The van der Waals surface area contributed by atoms with Crippen molar-refractivity contribution < 1.29 is 14.3 Å². The first-order valence-electron chi connectivity index (χ1n) is 7.36. The van der Waals surface area contributed by atoms with Gasteiger partial charge in [0, 0.05) is 0 Å². The van der Waals surface area contributed by atoms with E-state index in [2.05, 4.69) is 35.1 Å². The Kier molecular flexibility index (Phi) is 6.04. The van der Waals surface area contributed by atoms with Crippen LogP contribution in [0.4, 0.5) is 5.69 Å². The predicted molar refractivity (Wildman–Crippen MR) is 95.3 cm³/mol. The quantitative estimate of drug-likeness (QED) is 0.799. The van der Waals surface area contributed by atoms with E-state index in [1.807, 2.05) is 30.3 Å². The van der Waals surface area contributed by atoms with E-state index in [0.29, 0.717) is 23.1 Å². The molecule has 0 atom stereocenters. The third-order valence-electron chi connectivity index (χ3n) is 3.36. The van der Waals surface area contributed by atoms with Crippen molar-refractivity contribution >= 4 is 27.5 Å². The van der Waals surface area contributed by atoms with Crippen LogP contribution in [-0.4, -0.2) is 19.6 Å². The van der Waals surface area contributed by atoms with Crippen LogP contribution in [0.15, 0.2) is 46.9 Å². The number of hydrogen-bond donors (Lipinski definition) is 1. The van der Waals surface area contributed by atoms with Crippen molar-refractivity contribution in [3.05, 3.63) is 52.5 Å². The average molecular weight is 378 g/mol. The van der Waals surface area contributed by atoms with Gasteiger partial charge in [-0.2, -0.15) is 0 Å². The van der Waals surface area contributed by atoms with Crippen molar-refractivity contribution in [1.82, 2.24) is 0 Å². The van der Waals surface area contributed by atoms with E-state index in [4.69, 9.17) is 9.47 Å². The highest BCUT2D eigenvalue weighted by Gasteiger charge is 2.10. The van der Waals surface area contributed by atoms with Gasteiger partial charge < -0.3 is 14.8 Å². The van der Waals surface area contributed by atoms with Crippen molar-refractivity contribution in [3.63, 3.8) is 0 Å². The van der Waals surface area contributed by atoms with Crippen LogP contribution in [0.5, 0.6) is 11.5 Å². The second-order valence-electron chi connectivity index (χ2n) is 5.38. The first-order valence-corrected chi connectivity index (χ1v) is 8.15. The topological polar surface area (TPSA) is 47.6 Å². The molecule has 0 unspecified atom stereocenters. The number of benzene rings is 2. The monoisotopic (exact) mass is 377 g/mol. The van der Waals surface area contributed by atoms with Crippen LogP contribution in [0.3, 0.4) is 0 Å². The molecule has 0 aromatic heterocycles. The molecule has 0 radical (unpaired) electrons. The first-order chi connectivity index (χ1) is 11.0. The number of methoxy groups -OCH3 is 1. The number of halogens is 1. The Morgan fingerprint density at radius 3 is 2.57 bits per heavy atom. The van der Waals surface area contributed by atoms with Gasteiger partial charge in [-0.05, 0) is 51.7 Å². The second-order valence-corrected chi connectivity index (χ2v) is 6.24. The maximum Gasteiger partial charge on any atom is 0.262 e. The molecule has 0 heterocycles. The van der Waals surface area contributed by atoms with Crippen LogP contribution in [0.1, 0.15) is 25.3 Å². The number of para-hydroxylation sites is 2. The molecular weight excluding hydrogens is 358 g/mol. The summed E-state index contributed by atoms with van der Waals surface area (Å²) in [4.78, 5) is 12.0. The molecule has 0 spiro atoms. The van der Waals surface area contributed by atoms with Crippen LogP contribution in [0.2, 0.25) is 0 Å². The molecule has 0 saturated heterocycles. The summed E-state index contributed by atoms with van der Waals surface area (Å²) in [5.74, 6) is 1.46. The highest BCUT2D eigenvalue weighted by Crippen LogP contribution is 2.29. The Morgan fingerprint density at radius 2 is 1.91 bits per heavy atom. The Balaban J connectivity index is 1.97. The van der Waals surface area contributed by atoms with Gasteiger partial charge in [0.05, 0.1) is 17.3 Å². The van der Waals surface area contributed by atoms with Crippen molar-refractivity contribution in [2.24, 2.45) is 0 Å². The summed E-state index contributed by atoms with van der Waals surface area (Å²) in [6.45, 7) is 4.18. The Labute approximate surface area is 144 Å². The van der Waals surface area contributed by atoms with Crippen LogP contribution < -0.4 is 14.8 Å². The summed E-state index contributed by atoms with van der Waals surface area (Å²) in [6.07, 6.45) is 0. The zero-order valence-electron chi connectivity index (χ0n) is 13.4. The van der Waals surface area contributed by atoms with Crippen molar-refractivity contribution in [2.45, 2.75) is 19.8 Å². The molecule has 0 fully saturated rings. The third-order valence-corrected chi connectivity index (χ3v) is 3.98. The molecule has 0 aliphatic heterocycles. The van der Waals surface area contributed by atoms with E-state index in [0.717, 1.165) is 4.47 Å². The maximum atomic E-state index is 12.0. The van der Waals surface area contributed by atoms with Gasteiger partial charge in [0.1, 0.15) is 11.5 Å². The predicted octanol–water partition coefficient (Wildman–Crippen LogP) is 4.60. The number of carbonyl (C=O) groups excluding carboxylic acids is 1. The number of anilines is 1. The van der Waals surface area contributed by atoms with Gasteiger partial charge in [0.25, 0.3) is 5.91 Å². The van der Waals surface area contributed by atoms with Gasteiger partial charge in [0.15, 0.2) is 6.61 Å². The molecule has 1 N–H and O–H groups in total. The van der Waals surface area contributed by atoms with Gasteiger partial charge >= 0.3 is 0 Å².